The number of aromatic nitrogens is 1. The van der Waals surface area contributed by atoms with Crippen LogP contribution in [0.5, 0.6) is 0 Å². The fourth-order valence-electron chi connectivity index (χ4n) is 3.47. The third kappa shape index (κ3) is 3.40. The van der Waals surface area contributed by atoms with Crippen LogP contribution in [0.1, 0.15) is 16.1 Å². The molecule has 2 fully saturated rings. The van der Waals surface area contributed by atoms with E-state index in [4.69, 9.17) is 10.00 Å². The van der Waals surface area contributed by atoms with Crippen molar-refractivity contribution in [3.8, 4) is 6.07 Å². The molecule has 2 aliphatic heterocycles. The highest BCUT2D eigenvalue weighted by molar-refractivity contribution is 7.91. The molecule has 1 aromatic heterocycles. The van der Waals surface area contributed by atoms with Crippen LogP contribution in [0.25, 0.3) is 0 Å². The molecule has 0 spiro atoms. The van der Waals surface area contributed by atoms with Crippen LogP contribution in [0.15, 0.2) is 18.3 Å². The number of hydrogen-bond donors (Lipinski definition) is 0. The summed E-state index contributed by atoms with van der Waals surface area (Å²) in [5.74, 6) is -0.980. The minimum atomic E-state index is -3.36. The van der Waals surface area contributed by atoms with Crippen LogP contribution in [-0.4, -0.2) is 85.4 Å². The van der Waals surface area contributed by atoms with Gasteiger partial charge in [-0.05, 0) is 12.1 Å². The van der Waals surface area contributed by atoms with Gasteiger partial charge in [0.2, 0.25) is 5.91 Å². The zero-order valence-corrected chi connectivity index (χ0v) is 15.0. The Morgan fingerprint density at radius 2 is 1.92 bits per heavy atom. The van der Waals surface area contributed by atoms with E-state index in [2.05, 4.69) is 4.98 Å². The number of fused-ring (bicyclic) bond motifs is 1. The average Bonchev–Trinajstić information content (AvgIpc) is 2.95. The lowest BCUT2D eigenvalue weighted by atomic mass is 10.0. The number of nitriles is 1. The molecule has 0 saturated carbocycles. The Labute approximate surface area is 151 Å². The number of methoxy groups -OCH3 is 1. The zero-order chi connectivity index (χ0) is 18.9. The second-order valence-electron chi connectivity index (χ2n) is 6.27. The Morgan fingerprint density at radius 1 is 1.27 bits per heavy atom. The molecule has 0 radical (unpaired) electrons. The van der Waals surface area contributed by atoms with Gasteiger partial charge in [0.05, 0.1) is 29.2 Å². The first-order valence-electron chi connectivity index (χ1n) is 8.02. The summed E-state index contributed by atoms with van der Waals surface area (Å²) in [4.78, 5) is 31.9. The third-order valence-electron chi connectivity index (χ3n) is 4.65. The maximum atomic E-state index is 12.8. The monoisotopic (exact) mass is 378 g/mol. The van der Waals surface area contributed by atoms with Gasteiger partial charge in [0, 0.05) is 26.4 Å². The number of rotatable bonds is 3. The van der Waals surface area contributed by atoms with Gasteiger partial charge in [-0.2, -0.15) is 5.26 Å². The van der Waals surface area contributed by atoms with Crippen molar-refractivity contribution in [1.29, 1.82) is 5.26 Å². The maximum absolute atomic E-state index is 12.8. The molecule has 138 valence electrons. The Balaban J connectivity index is 1.86. The van der Waals surface area contributed by atoms with Gasteiger partial charge >= 0.3 is 0 Å². The Bertz CT molecular complexity index is 862. The first kappa shape index (κ1) is 18.3. The lowest BCUT2D eigenvalue weighted by Crippen LogP contribution is -2.62. The largest absolute Gasteiger partial charge is 0.375 e. The fraction of sp³-hybridized carbons (Fsp3) is 0.500. The van der Waals surface area contributed by atoms with Crippen LogP contribution in [0.4, 0.5) is 0 Å². The molecule has 3 rings (SSSR count). The topological polar surface area (TPSA) is 121 Å². The molecule has 2 amide bonds. The van der Waals surface area contributed by atoms with Crippen LogP contribution in [-0.2, 0) is 19.4 Å². The third-order valence-corrected chi connectivity index (χ3v) is 6.35. The van der Waals surface area contributed by atoms with Crippen molar-refractivity contribution in [3.05, 3.63) is 29.6 Å². The predicted octanol–water partition coefficient (Wildman–Crippen LogP) is -0.950. The lowest BCUT2D eigenvalue weighted by molar-refractivity contribution is -0.140. The molecule has 0 unspecified atom stereocenters. The average molecular weight is 378 g/mol. The number of amides is 2. The van der Waals surface area contributed by atoms with Crippen LogP contribution < -0.4 is 0 Å². The quantitative estimate of drug-likeness (QED) is 0.665. The molecule has 2 saturated heterocycles. The summed E-state index contributed by atoms with van der Waals surface area (Å²) < 4.78 is 29.2. The molecule has 26 heavy (non-hydrogen) atoms. The highest BCUT2D eigenvalue weighted by atomic mass is 32.2. The second kappa shape index (κ2) is 7.01. The van der Waals surface area contributed by atoms with E-state index in [-0.39, 0.29) is 54.3 Å². The van der Waals surface area contributed by atoms with Crippen LogP contribution >= 0.6 is 0 Å². The number of sulfone groups is 1. The Kier molecular flexibility index (Phi) is 4.93. The van der Waals surface area contributed by atoms with Crippen molar-refractivity contribution in [2.45, 2.75) is 12.1 Å². The second-order valence-corrected chi connectivity index (χ2v) is 8.43. The summed E-state index contributed by atoms with van der Waals surface area (Å²) in [7, 11) is -1.96. The van der Waals surface area contributed by atoms with E-state index in [9.17, 15) is 18.0 Å². The normalized spacial score (nSPS) is 24.0. The van der Waals surface area contributed by atoms with Crippen molar-refractivity contribution in [3.63, 3.8) is 0 Å². The van der Waals surface area contributed by atoms with Gasteiger partial charge in [-0.25, -0.2) is 13.4 Å². The van der Waals surface area contributed by atoms with Crippen LogP contribution in [0, 0.1) is 11.3 Å². The Hall–Kier alpha value is -2.51. The fourth-order valence-corrected chi connectivity index (χ4v) is 5.45. The molecular formula is C16H18N4O5S. The minimum Gasteiger partial charge on any atom is -0.375 e. The molecule has 0 N–H and O–H groups in total. The number of ether oxygens (including phenoxy) is 1. The summed E-state index contributed by atoms with van der Waals surface area (Å²) in [6.45, 7) is 0.343. The Morgan fingerprint density at radius 3 is 2.50 bits per heavy atom. The summed E-state index contributed by atoms with van der Waals surface area (Å²) in [6.07, 6.45) is 1.31. The minimum absolute atomic E-state index is 0.128. The highest BCUT2D eigenvalue weighted by Gasteiger charge is 2.49. The molecule has 0 bridgehead atoms. The van der Waals surface area contributed by atoms with E-state index in [1.165, 1.54) is 35.2 Å². The molecule has 2 aliphatic rings. The van der Waals surface area contributed by atoms with Crippen LogP contribution in [0.3, 0.4) is 0 Å². The SMILES string of the molecule is COCC(=O)N1CCN(C(=O)c2ccc(C#N)nc2)[C@H]2CS(=O)(=O)C[C@H]21. The molecule has 2 atom stereocenters. The molecule has 3 heterocycles. The number of nitrogens with zero attached hydrogens (tertiary/aromatic N) is 4. The van der Waals surface area contributed by atoms with Crippen LogP contribution in [0.2, 0.25) is 0 Å². The maximum Gasteiger partial charge on any atom is 0.255 e. The van der Waals surface area contributed by atoms with Gasteiger partial charge in [-0.1, -0.05) is 0 Å². The molecule has 1 aromatic rings. The van der Waals surface area contributed by atoms with E-state index in [1.54, 1.807) is 0 Å². The number of carbonyl (C=O) groups is 2. The van der Waals surface area contributed by atoms with E-state index in [1.807, 2.05) is 6.07 Å². The molecular weight excluding hydrogens is 360 g/mol. The van der Waals surface area contributed by atoms with Crippen molar-refractivity contribution in [1.82, 2.24) is 14.8 Å². The van der Waals surface area contributed by atoms with E-state index >= 15 is 0 Å². The van der Waals surface area contributed by atoms with Crippen molar-refractivity contribution in [2.24, 2.45) is 0 Å². The summed E-state index contributed by atoms with van der Waals surface area (Å²) in [5.41, 5.74) is 0.474. The molecule has 10 heteroatoms. The summed E-state index contributed by atoms with van der Waals surface area (Å²) >= 11 is 0. The molecule has 0 aromatic carbocycles. The summed E-state index contributed by atoms with van der Waals surface area (Å²) in [6, 6.07) is 3.64. The van der Waals surface area contributed by atoms with E-state index < -0.39 is 21.9 Å². The van der Waals surface area contributed by atoms with E-state index in [0.29, 0.717) is 0 Å². The van der Waals surface area contributed by atoms with Gasteiger partial charge in [0.15, 0.2) is 9.84 Å². The molecule has 9 nitrogen and oxygen atoms in total. The van der Waals surface area contributed by atoms with Gasteiger partial charge in [0.25, 0.3) is 5.91 Å². The number of hydrogen-bond acceptors (Lipinski definition) is 7. The predicted molar refractivity (Wildman–Crippen MR) is 89.8 cm³/mol. The van der Waals surface area contributed by atoms with Gasteiger partial charge in [0.1, 0.15) is 18.4 Å². The standard InChI is InChI=1S/C16H18N4O5S/c1-25-8-15(21)19-4-5-20(14-10-26(23,24)9-13(14)19)16(22)11-2-3-12(6-17)18-7-11/h2-3,7,13-14H,4-5,8-10H2,1H3/t13-,14+/m1/s1. The van der Waals surface area contributed by atoms with Gasteiger partial charge < -0.3 is 14.5 Å². The van der Waals surface area contributed by atoms with E-state index in [0.717, 1.165) is 0 Å². The number of pyridine rings is 1. The number of carbonyl (C=O) groups excluding carboxylic acids is 2. The first-order chi connectivity index (χ1) is 12.4. The zero-order valence-electron chi connectivity index (χ0n) is 14.2. The summed E-state index contributed by atoms with van der Waals surface area (Å²) in [5, 5.41) is 8.80. The smallest absolute Gasteiger partial charge is 0.255 e. The number of piperazine rings is 1. The molecule has 0 aliphatic carbocycles. The highest BCUT2D eigenvalue weighted by Crippen LogP contribution is 2.28. The van der Waals surface area contributed by atoms with Gasteiger partial charge in [-0.3, -0.25) is 9.59 Å². The van der Waals surface area contributed by atoms with Gasteiger partial charge in [-0.15, -0.1) is 0 Å². The first-order valence-corrected chi connectivity index (χ1v) is 9.84. The lowest BCUT2D eigenvalue weighted by Gasteiger charge is -2.43. The van der Waals surface area contributed by atoms with Crippen molar-refractivity contribution in [2.75, 3.05) is 38.3 Å². The van der Waals surface area contributed by atoms with Crippen molar-refractivity contribution >= 4 is 21.7 Å². The van der Waals surface area contributed by atoms with Crippen molar-refractivity contribution < 1.29 is 22.7 Å².